The van der Waals surface area contributed by atoms with E-state index < -0.39 is 14.4 Å². The summed E-state index contributed by atoms with van der Waals surface area (Å²) in [7, 11) is -2.09. The minimum atomic E-state index is -2.09. The number of rotatable bonds is 2. The van der Waals surface area contributed by atoms with Crippen LogP contribution in [0.1, 0.15) is 34.1 Å². The van der Waals surface area contributed by atoms with Crippen LogP contribution in [0.3, 0.4) is 0 Å². The van der Waals surface area contributed by atoms with Crippen LogP contribution in [0.5, 0.6) is 0 Å². The molecule has 3 aliphatic heterocycles. The van der Waals surface area contributed by atoms with Crippen molar-refractivity contribution in [2.75, 3.05) is 6.54 Å². The van der Waals surface area contributed by atoms with Crippen LogP contribution in [-0.2, 0) is 9.22 Å². The number of nitrogens with zero attached hydrogens (tertiary/aromatic N) is 1. The molecule has 0 aliphatic carbocycles. The molecular weight excluding hydrogens is 246 g/mol. The molecule has 3 saturated heterocycles. The Kier molecular flexibility index (Phi) is 2.67. The van der Waals surface area contributed by atoms with Crippen molar-refractivity contribution in [2.24, 2.45) is 0 Å². The van der Waals surface area contributed by atoms with Gasteiger partial charge in [0.1, 0.15) is 6.10 Å². The van der Waals surface area contributed by atoms with Crippen molar-refractivity contribution in [2.45, 2.75) is 69.0 Å². The molecule has 0 aromatic heterocycles. The highest BCUT2D eigenvalue weighted by Crippen LogP contribution is 2.58. The molecule has 3 rings (SSSR count). The normalized spacial score (nSPS) is 41.3. The molecule has 0 radical (unpaired) electrons. The first kappa shape index (κ1) is 12.6. The van der Waals surface area contributed by atoms with E-state index in [0.717, 1.165) is 13.0 Å². The van der Waals surface area contributed by atoms with E-state index in [0.29, 0.717) is 11.1 Å². The van der Waals surface area contributed by atoms with E-state index in [2.05, 4.69) is 27.7 Å². The Morgan fingerprint density at radius 2 is 1.94 bits per heavy atom. The van der Waals surface area contributed by atoms with Crippen LogP contribution < -0.4 is 0 Å². The molecule has 4 atom stereocenters. The highest BCUT2D eigenvalue weighted by Gasteiger charge is 2.70. The second kappa shape index (κ2) is 3.80. The summed E-state index contributed by atoms with van der Waals surface area (Å²) in [4.78, 5) is 14.0. The summed E-state index contributed by atoms with van der Waals surface area (Å²) in [5, 5.41) is 10.4. The van der Waals surface area contributed by atoms with E-state index in [1.54, 1.807) is 0 Å². The Morgan fingerprint density at radius 3 is 2.50 bits per heavy atom. The van der Waals surface area contributed by atoms with E-state index in [1.165, 1.54) is 0 Å². The standard InChI is InChI=1S/C13H23NO3Si/c1-7(2)18(8(3)4)12-10-9(17-18)5-6-14(10)13(16)11(12)15/h7-12,15H,5-6H2,1-4H3/t9-,10+,11-,12-/m1/s1. The molecule has 5 heteroatoms. The Balaban J connectivity index is 2.07. The van der Waals surface area contributed by atoms with Crippen LogP contribution in [0, 0.1) is 0 Å². The predicted molar refractivity (Wildman–Crippen MR) is 70.7 cm³/mol. The summed E-state index contributed by atoms with van der Waals surface area (Å²) in [5.41, 5.74) is 0.962. The van der Waals surface area contributed by atoms with E-state index >= 15 is 0 Å². The van der Waals surface area contributed by atoms with Gasteiger partial charge in [-0.05, 0) is 17.5 Å². The number of aliphatic hydroxyl groups is 1. The number of hydrogen-bond donors (Lipinski definition) is 1. The van der Waals surface area contributed by atoms with Gasteiger partial charge in [0.25, 0.3) is 5.91 Å². The summed E-state index contributed by atoms with van der Waals surface area (Å²) in [5.74, 6) is -0.0472. The maximum absolute atomic E-state index is 12.2. The van der Waals surface area contributed by atoms with Crippen molar-refractivity contribution in [3.63, 3.8) is 0 Å². The largest absolute Gasteiger partial charge is 0.411 e. The predicted octanol–water partition coefficient (Wildman–Crippen LogP) is 1.50. The third-order valence-electron chi connectivity index (χ3n) is 5.32. The highest BCUT2D eigenvalue weighted by molar-refractivity contribution is 6.79. The summed E-state index contributed by atoms with van der Waals surface area (Å²) in [6.07, 6.45) is 0.331. The SMILES string of the molecule is CC(C)[Si]1(C(C)C)O[C@@H]2CCN3C(=O)[C@H](O)[C@H]1[C@H]23. The second-order valence-electron chi connectivity index (χ2n) is 6.60. The molecule has 102 valence electrons. The van der Waals surface area contributed by atoms with Gasteiger partial charge in [-0.2, -0.15) is 0 Å². The number of hydrogen-bond acceptors (Lipinski definition) is 3. The molecule has 0 aromatic rings. The van der Waals surface area contributed by atoms with Gasteiger partial charge in [0.2, 0.25) is 8.32 Å². The fourth-order valence-electron chi connectivity index (χ4n) is 4.67. The molecule has 4 nitrogen and oxygen atoms in total. The summed E-state index contributed by atoms with van der Waals surface area (Å²) >= 11 is 0. The lowest BCUT2D eigenvalue weighted by Gasteiger charge is -2.39. The minimum Gasteiger partial charge on any atom is -0.411 e. The third-order valence-corrected chi connectivity index (χ3v) is 11.3. The van der Waals surface area contributed by atoms with Crippen molar-refractivity contribution < 1.29 is 14.3 Å². The monoisotopic (exact) mass is 269 g/mol. The zero-order chi connectivity index (χ0) is 13.2. The lowest BCUT2D eigenvalue weighted by Crippen LogP contribution is -2.49. The number of carbonyl (C=O) groups excluding carboxylic acids is 1. The molecule has 0 spiro atoms. The van der Waals surface area contributed by atoms with Gasteiger partial charge < -0.3 is 14.4 Å². The van der Waals surface area contributed by atoms with Crippen molar-refractivity contribution in [1.29, 1.82) is 0 Å². The van der Waals surface area contributed by atoms with Gasteiger partial charge in [-0.25, -0.2) is 0 Å². The third kappa shape index (κ3) is 1.25. The van der Waals surface area contributed by atoms with Gasteiger partial charge in [-0.3, -0.25) is 4.79 Å². The molecule has 1 amide bonds. The number of amides is 1. The van der Waals surface area contributed by atoms with Gasteiger partial charge in [-0.1, -0.05) is 27.7 Å². The van der Waals surface area contributed by atoms with E-state index in [4.69, 9.17) is 4.43 Å². The Hall–Kier alpha value is -0.393. The van der Waals surface area contributed by atoms with Crippen molar-refractivity contribution in [3.05, 3.63) is 0 Å². The van der Waals surface area contributed by atoms with Crippen LogP contribution >= 0.6 is 0 Å². The van der Waals surface area contributed by atoms with Crippen LogP contribution in [0.15, 0.2) is 0 Å². The molecule has 3 aliphatic rings. The quantitative estimate of drug-likeness (QED) is 0.773. The maximum atomic E-state index is 12.2. The van der Waals surface area contributed by atoms with Crippen LogP contribution in [0.25, 0.3) is 0 Å². The number of carbonyl (C=O) groups is 1. The average molecular weight is 269 g/mol. The second-order valence-corrected chi connectivity index (χ2v) is 11.5. The molecule has 1 N–H and O–H groups in total. The first-order chi connectivity index (χ1) is 8.41. The molecule has 0 saturated carbocycles. The molecule has 0 bridgehead atoms. The molecular formula is C13H23NO3Si. The van der Waals surface area contributed by atoms with Crippen molar-refractivity contribution in [1.82, 2.24) is 4.90 Å². The highest BCUT2D eigenvalue weighted by atomic mass is 28.4. The Bertz CT molecular complexity index is 376. The number of aliphatic hydroxyl groups excluding tert-OH is 1. The molecule has 3 heterocycles. The fraction of sp³-hybridized carbons (Fsp3) is 0.923. The van der Waals surface area contributed by atoms with Gasteiger partial charge in [0.05, 0.1) is 12.1 Å². The summed E-state index contributed by atoms with van der Waals surface area (Å²) in [6, 6.07) is 0.170. The zero-order valence-electron chi connectivity index (χ0n) is 11.6. The summed E-state index contributed by atoms with van der Waals surface area (Å²) < 4.78 is 6.53. The van der Waals surface area contributed by atoms with Crippen LogP contribution in [0.4, 0.5) is 0 Å². The molecule has 0 unspecified atom stereocenters. The lowest BCUT2D eigenvalue weighted by atomic mass is 10.1. The van der Waals surface area contributed by atoms with Crippen LogP contribution in [-0.4, -0.2) is 49.0 Å². The topological polar surface area (TPSA) is 49.8 Å². The first-order valence-corrected chi connectivity index (χ1v) is 9.21. The van der Waals surface area contributed by atoms with Gasteiger partial charge in [0, 0.05) is 12.1 Å². The van der Waals surface area contributed by atoms with Gasteiger partial charge >= 0.3 is 0 Å². The van der Waals surface area contributed by atoms with Crippen molar-refractivity contribution in [3.8, 4) is 0 Å². The molecule has 18 heavy (non-hydrogen) atoms. The van der Waals surface area contributed by atoms with E-state index in [-0.39, 0.29) is 23.6 Å². The average Bonchev–Trinajstić information content (AvgIpc) is 2.88. The minimum absolute atomic E-state index is 0.0472. The first-order valence-electron chi connectivity index (χ1n) is 7.07. The van der Waals surface area contributed by atoms with Crippen LogP contribution in [0.2, 0.25) is 16.6 Å². The van der Waals surface area contributed by atoms with E-state index in [1.807, 2.05) is 4.90 Å². The van der Waals surface area contributed by atoms with Crippen molar-refractivity contribution >= 4 is 14.2 Å². The maximum Gasteiger partial charge on any atom is 0.251 e. The Morgan fingerprint density at radius 1 is 1.33 bits per heavy atom. The smallest absolute Gasteiger partial charge is 0.251 e. The zero-order valence-corrected chi connectivity index (χ0v) is 12.6. The molecule has 3 fully saturated rings. The van der Waals surface area contributed by atoms with E-state index in [9.17, 15) is 9.90 Å². The Labute approximate surface area is 109 Å². The fourth-order valence-corrected chi connectivity index (χ4v) is 10.6. The molecule has 0 aromatic carbocycles. The lowest BCUT2D eigenvalue weighted by molar-refractivity contribution is -0.134. The summed E-state index contributed by atoms with van der Waals surface area (Å²) in [6.45, 7) is 9.57. The van der Waals surface area contributed by atoms with Gasteiger partial charge in [-0.15, -0.1) is 0 Å². The van der Waals surface area contributed by atoms with Gasteiger partial charge in [0.15, 0.2) is 0 Å².